The molecular weight excluding hydrogens is 196 g/mol. The van der Waals surface area contributed by atoms with Gasteiger partial charge in [-0.15, -0.1) is 0 Å². The molecule has 0 atom stereocenters. The van der Waals surface area contributed by atoms with Gasteiger partial charge in [0.1, 0.15) is 0 Å². The zero-order valence-electron chi connectivity index (χ0n) is 9.28. The van der Waals surface area contributed by atoms with E-state index in [2.05, 4.69) is 4.74 Å². The second-order valence-corrected chi connectivity index (χ2v) is 3.32. The van der Waals surface area contributed by atoms with Crippen molar-refractivity contribution in [2.24, 2.45) is 0 Å². The van der Waals surface area contributed by atoms with E-state index in [9.17, 15) is 9.59 Å². The van der Waals surface area contributed by atoms with E-state index in [0.717, 1.165) is 12.8 Å². The van der Waals surface area contributed by atoms with Gasteiger partial charge in [0.25, 0.3) is 0 Å². The summed E-state index contributed by atoms with van der Waals surface area (Å²) in [6.07, 6.45) is 4.00. The van der Waals surface area contributed by atoms with Crippen LogP contribution in [0.3, 0.4) is 0 Å². The predicted octanol–water partition coefficient (Wildman–Crippen LogP) is 1.23. The third-order valence-corrected chi connectivity index (χ3v) is 1.97. The van der Waals surface area contributed by atoms with Crippen LogP contribution in [-0.4, -0.2) is 30.6 Å². The second-order valence-electron chi connectivity index (χ2n) is 3.32. The number of hydrogen-bond acceptors (Lipinski definition) is 4. The van der Waals surface area contributed by atoms with E-state index in [-0.39, 0.29) is 12.4 Å². The number of esters is 1. The average Bonchev–Trinajstić information content (AvgIpc) is 2.23. The molecule has 0 aromatic carbocycles. The summed E-state index contributed by atoms with van der Waals surface area (Å²) in [5.41, 5.74) is 0.324. The Labute approximate surface area is 89.9 Å². The fraction of sp³-hybridized carbons (Fsp3) is 0.636. The van der Waals surface area contributed by atoms with E-state index in [1.165, 1.54) is 13.2 Å². The van der Waals surface area contributed by atoms with Crippen molar-refractivity contribution in [1.29, 1.82) is 0 Å². The van der Waals surface area contributed by atoms with Gasteiger partial charge in [-0.25, -0.2) is 4.79 Å². The van der Waals surface area contributed by atoms with Gasteiger partial charge in [-0.1, -0.05) is 6.42 Å². The lowest BCUT2D eigenvalue weighted by Gasteiger charge is -1.99. The predicted molar refractivity (Wildman–Crippen MR) is 56.3 cm³/mol. The summed E-state index contributed by atoms with van der Waals surface area (Å²) < 4.78 is 4.46. The van der Waals surface area contributed by atoms with Crippen molar-refractivity contribution < 1.29 is 19.4 Å². The maximum Gasteiger partial charge on any atom is 0.333 e. The maximum atomic E-state index is 11.3. The Morgan fingerprint density at radius 3 is 2.47 bits per heavy atom. The number of aliphatic hydroxyl groups is 1. The number of allylic oxidation sites excluding steroid dienone is 1. The molecule has 0 fully saturated rings. The first kappa shape index (κ1) is 13.8. The van der Waals surface area contributed by atoms with Gasteiger partial charge < -0.3 is 9.84 Å². The largest absolute Gasteiger partial charge is 0.466 e. The number of carbonyl (C=O) groups excluding carboxylic acids is 2. The molecule has 1 N–H and O–H groups in total. The number of unbranched alkanes of at least 4 members (excludes halogenated alkanes) is 2. The Morgan fingerprint density at radius 2 is 1.93 bits per heavy atom. The van der Waals surface area contributed by atoms with Gasteiger partial charge in [-0.05, 0) is 25.8 Å². The minimum absolute atomic E-state index is 0.0733. The number of carbonyl (C=O) groups is 2. The number of ketones is 1. The van der Waals surface area contributed by atoms with E-state index in [0.29, 0.717) is 18.4 Å². The number of ether oxygens (including phenoxy) is 1. The zero-order valence-corrected chi connectivity index (χ0v) is 9.28. The van der Waals surface area contributed by atoms with Crippen LogP contribution in [0.5, 0.6) is 0 Å². The van der Waals surface area contributed by atoms with Crippen LogP contribution in [0.4, 0.5) is 0 Å². The van der Waals surface area contributed by atoms with Crippen molar-refractivity contribution >= 4 is 11.8 Å². The number of methoxy groups -OCH3 is 1. The molecule has 4 heteroatoms. The zero-order chi connectivity index (χ0) is 11.7. The van der Waals surface area contributed by atoms with E-state index in [1.54, 1.807) is 6.92 Å². The van der Waals surface area contributed by atoms with Crippen molar-refractivity contribution in [2.45, 2.75) is 32.6 Å². The maximum absolute atomic E-state index is 11.3. The molecule has 15 heavy (non-hydrogen) atoms. The summed E-state index contributed by atoms with van der Waals surface area (Å²) in [5.74, 6) is -0.547. The molecule has 0 aromatic heterocycles. The minimum atomic E-state index is -0.473. The molecule has 0 spiro atoms. The minimum Gasteiger partial charge on any atom is -0.466 e. The first-order valence-electron chi connectivity index (χ1n) is 5.02. The van der Waals surface area contributed by atoms with Crippen LogP contribution in [0.25, 0.3) is 0 Å². The van der Waals surface area contributed by atoms with Gasteiger partial charge in [0.15, 0.2) is 5.78 Å². The van der Waals surface area contributed by atoms with Crippen LogP contribution in [-0.2, 0) is 14.3 Å². The summed E-state index contributed by atoms with van der Waals surface area (Å²) in [4.78, 5) is 22.2. The Kier molecular flexibility index (Phi) is 7.54. The molecule has 0 aromatic rings. The summed E-state index contributed by atoms with van der Waals surface area (Å²) in [6.45, 7) is 1.71. The van der Waals surface area contributed by atoms with Gasteiger partial charge in [0, 0.05) is 18.6 Å². The monoisotopic (exact) mass is 214 g/mol. The van der Waals surface area contributed by atoms with Crippen LogP contribution >= 0.6 is 0 Å². The van der Waals surface area contributed by atoms with E-state index < -0.39 is 5.97 Å². The third kappa shape index (κ3) is 6.85. The van der Waals surface area contributed by atoms with Gasteiger partial charge in [0.05, 0.1) is 7.11 Å². The molecule has 0 rings (SSSR count). The first-order valence-corrected chi connectivity index (χ1v) is 5.02. The second kappa shape index (κ2) is 8.17. The van der Waals surface area contributed by atoms with Crippen LogP contribution in [0.15, 0.2) is 11.6 Å². The Morgan fingerprint density at radius 1 is 1.27 bits per heavy atom. The first-order chi connectivity index (χ1) is 7.11. The molecule has 0 radical (unpaired) electrons. The molecule has 86 valence electrons. The van der Waals surface area contributed by atoms with Crippen LogP contribution in [0.2, 0.25) is 0 Å². The molecule has 0 heterocycles. The molecule has 0 aliphatic rings. The van der Waals surface area contributed by atoms with Crippen LogP contribution < -0.4 is 0 Å². The van der Waals surface area contributed by atoms with Crippen molar-refractivity contribution in [3.8, 4) is 0 Å². The lowest BCUT2D eigenvalue weighted by atomic mass is 10.1. The molecule has 0 aliphatic heterocycles. The van der Waals surface area contributed by atoms with E-state index in [4.69, 9.17) is 5.11 Å². The fourth-order valence-electron chi connectivity index (χ4n) is 1.12. The van der Waals surface area contributed by atoms with E-state index in [1.807, 2.05) is 0 Å². The number of aliphatic hydroxyl groups excluding tert-OH is 1. The molecule has 0 unspecified atom stereocenters. The number of rotatable bonds is 7. The average molecular weight is 214 g/mol. The van der Waals surface area contributed by atoms with Gasteiger partial charge in [-0.3, -0.25) is 4.79 Å². The van der Waals surface area contributed by atoms with Gasteiger partial charge in [-0.2, -0.15) is 0 Å². The van der Waals surface area contributed by atoms with Crippen molar-refractivity contribution in [1.82, 2.24) is 0 Å². The van der Waals surface area contributed by atoms with Crippen LogP contribution in [0.1, 0.15) is 32.6 Å². The highest BCUT2D eigenvalue weighted by Gasteiger charge is 2.05. The lowest BCUT2D eigenvalue weighted by molar-refractivity contribution is -0.136. The van der Waals surface area contributed by atoms with Crippen LogP contribution in [0, 0.1) is 0 Å². The Hall–Kier alpha value is -1.16. The topological polar surface area (TPSA) is 63.6 Å². The highest BCUT2D eigenvalue weighted by atomic mass is 16.5. The third-order valence-electron chi connectivity index (χ3n) is 1.97. The molecule has 4 nitrogen and oxygen atoms in total. The Balaban J connectivity index is 3.86. The summed E-state index contributed by atoms with van der Waals surface area (Å²) in [7, 11) is 1.28. The molecule has 0 bridgehead atoms. The van der Waals surface area contributed by atoms with E-state index >= 15 is 0 Å². The van der Waals surface area contributed by atoms with Gasteiger partial charge in [0.2, 0.25) is 0 Å². The standard InChI is InChI=1S/C11H18O4/c1-9(11(14)15-2)8-10(13)6-4-3-5-7-12/h8,12H,3-7H2,1-2H3. The number of hydrogen-bond donors (Lipinski definition) is 1. The summed E-state index contributed by atoms with van der Waals surface area (Å²) in [5, 5.41) is 8.52. The Bertz CT molecular complexity index is 243. The lowest BCUT2D eigenvalue weighted by Crippen LogP contribution is -2.04. The highest BCUT2D eigenvalue weighted by Crippen LogP contribution is 2.03. The summed E-state index contributed by atoms with van der Waals surface area (Å²) >= 11 is 0. The quantitative estimate of drug-likeness (QED) is 0.393. The molecule has 0 saturated heterocycles. The smallest absolute Gasteiger partial charge is 0.333 e. The fourth-order valence-corrected chi connectivity index (χ4v) is 1.12. The van der Waals surface area contributed by atoms with Crippen molar-refractivity contribution in [2.75, 3.05) is 13.7 Å². The van der Waals surface area contributed by atoms with Crippen molar-refractivity contribution in [3.63, 3.8) is 0 Å². The molecule has 0 aliphatic carbocycles. The highest BCUT2D eigenvalue weighted by molar-refractivity contribution is 5.98. The molecule has 0 saturated carbocycles. The molecule has 0 amide bonds. The van der Waals surface area contributed by atoms with Gasteiger partial charge >= 0.3 is 5.97 Å². The summed E-state index contributed by atoms with van der Waals surface area (Å²) in [6, 6.07) is 0. The SMILES string of the molecule is COC(=O)C(C)=CC(=O)CCCCCO. The van der Waals surface area contributed by atoms with Crippen molar-refractivity contribution in [3.05, 3.63) is 11.6 Å². The normalized spacial score (nSPS) is 11.3. The molecular formula is C11H18O4.